The van der Waals surface area contributed by atoms with Crippen molar-refractivity contribution in [3.05, 3.63) is 64.2 Å². The molecule has 7 atom stereocenters. The summed E-state index contributed by atoms with van der Waals surface area (Å²) in [5.41, 5.74) is 2.58. The molecule has 2 aromatic carbocycles. The number of hydrogen-bond donors (Lipinski definition) is 3. The van der Waals surface area contributed by atoms with Crippen LogP contribution in [0.3, 0.4) is 0 Å². The maximum absolute atomic E-state index is 10.7. The highest BCUT2D eigenvalue weighted by Gasteiger charge is 2.44. The summed E-state index contributed by atoms with van der Waals surface area (Å²) < 4.78 is 28.5. The molecule has 3 fully saturated rings. The topological polar surface area (TPSA) is 107 Å². The molecule has 36 heavy (non-hydrogen) atoms. The second-order valence-corrected chi connectivity index (χ2v) is 10.1. The summed E-state index contributed by atoms with van der Waals surface area (Å²) in [5.74, 6) is 0.804. The lowest BCUT2D eigenvalue weighted by atomic mass is 9.90. The van der Waals surface area contributed by atoms with Gasteiger partial charge in [0.25, 0.3) is 0 Å². The summed E-state index contributed by atoms with van der Waals surface area (Å²) >= 11 is 6.51. The van der Waals surface area contributed by atoms with Crippen LogP contribution in [0.15, 0.2) is 42.5 Å². The fraction of sp³-hybridized carbons (Fsp3) is 0.556. The van der Waals surface area contributed by atoms with E-state index < -0.39 is 30.5 Å². The van der Waals surface area contributed by atoms with Gasteiger partial charge in [0.2, 0.25) is 0 Å². The Morgan fingerprint density at radius 1 is 0.861 bits per heavy atom. The van der Waals surface area contributed by atoms with Crippen LogP contribution in [0.25, 0.3) is 0 Å². The summed E-state index contributed by atoms with van der Waals surface area (Å²) in [4.78, 5) is 0. The lowest BCUT2D eigenvalue weighted by Crippen LogP contribution is -2.55. The fourth-order valence-corrected chi connectivity index (χ4v) is 5.03. The Morgan fingerprint density at radius 3 is 2.28 bits per heavy atom. The van der Waals surface area contributed by atoms with Gasteiger partial charge in [-0.15, -0.1) is 0 Å². The van der Waals surface area contributed by atoms with E-state index in [4.69, 9.17) is 35.3 Å². The van der Waals surface area contributed by atoms with Gasteiger partial charge in [0, 0.05) is 18.1 Å². The molecule has 3 aliphatic rings. The van der Waals surface area contributed by atoms with Crippen LogP contribution in [0.2, 0.25) is 5.02 Å². The van der Waals surface area contributed by atoms with Gasteiger partial charge in [-0.05, 0) is 47.7 Å². The minimum Gasteiger partial charge on any atom is -0.488 e. The van der Waals surface area contributed by atoms with Crippen molar-refractivity contribution in [2.75, 3.05) is 33.0 Å². The number of halogens is 1. The first kappa shape index (κ1) is 25.9. The monoisotopic (exact) mass is 520 g/mol. The van der Waals surface area contributed by atoms with Crippen LogP contribution in [0.1, 0.15) is 35.6 Å². The van der Waals surface area contributed by atoms with E-state index in [0.717, 1.165) is 36.3 Å². The van der Waals surface area contributed by atoms with E-state index in [9.17, 15) is 15.3 Å². The van der Waals surface area contributed by atoms with Crippen molar-refractivity contribution in [1.29, 1.82) is 0 Å². The van der Waals surface area contributed by atoms with Crippen molar-refractivity contribution < 1.29 is 39.0 Å². The van der Waals surface area contributed by atoms with Crippen LogP contribution < -0.4 is 4.74 Å². The van der Waals surface area contributed by atoms with Gasteiger partial charge in [0.15, 0.2) is 0 Å². The maximum Gasteiger partial charge on any atom is 0.124 e. The zero-order valence-electron chi connectivity index (χ0n) is 20.0. The molecular weight excluding hydrogens is 488 g/mol. The second-order valence-electron chi connectivity index (χ2n) is 9.66. The third-order valence-corrected chi connectivity index (χ3v) is 7.37. The maximum atomic E-state index is 10.7. The number of benzene rings is 2. The van der Waals surface area contributed by atoms with Crippen molar-refractivity contribution in [2.24, 2.45) is 0 Å². The predicted octanol–water partition coefficient (Wildman–Crippen LogP) is 2.43. The minimum absolute atomic E-state index is 0.0614. The molecule has 1 unspecified atom stereocenters. The lowest BCUT2D eigenvalue weighted by molar-refractivity contribution is -0.237. The molecular formula is C27H33ClO8. The van der Waals surface area contributed by atoms with E-state index in [2.05, 4.69) is 0 Å². The van der Waals surface area contributed by atoms with Gasteiger partial charge in [-0.25, -0.2) is 0 Å². The number of aliphatic hydroxyl groups is 3. The van der Waals surface area contributed by atoms with E-state index >= 15 is 0 Å². The van der Waals surface area contributed by atoms with Gasteiger partial charge in [-0.3, -0.25) is 0 Å². The number of ether oxygens (including phenoxy) is 5. The van der Waals surface area contributed by atoms with Crippen molar-refractivity contribution in [3.8, 4) is 5.75 Å². The molecule has 3 aliphatic heterocycles. The van der Waals surface area contributed by atoms with Crippen LogP contribution >= 0.6 is 11.6 Å². The second kappa shape index (κ2) is 11.8. The highest BCUT2D eigenvalue weighted by Crippen LogP contribution is 2.35. The number of rotatable bonds is 8. The first-order valence-electron chi connectivity index (χ1n) is 12.5. The van der Waals surface area contributed by atoms with Crippen LogP contribution in [0.5, 0.6) is 5.75 Å². The Labute approximate surface area is 215 Å². The zero-order chi connectivity index (χ0) is 25.1. The first-order chi connectivity index (χ1) is 17.5. The van der Waals surface area contributed by atoms with E-state index in [0.29, 0.717) is 36.8 Å². The highest BCUT2D eigenvalue weighted by atomic mass is 35.5. The largest absolute Gasteiger partial charge is 0.488 e. The molecule has 0 radical (unpaired) electrons. The Hall–Kier alpha value is -1.75. The summed E-state index contributed by atoms with van der Waals surface area (Å²) in [6.45, 7) is 2.59. The number of aliphatic hydroxyl groups excluding tert-OH is 3. The molecule has 5 rings (SSSR count). The van der Waals surface area contributed by atoms with Gasteiger partial charge in [-0.2, -0.15) is 0 Å². The molecule has 3 N–H and O–H groups in total. The van der Waals surface area contributed by atoms with Crippen LogP contribution in [0.4, 0.5) is 0 Å². The Morgan fingerprint density at radius 2 is 1.58 bits per heavy atom. The van der Waals surface area contributed by atoms with E-state index in [-0.39, 0.29) is 18.8 Å². The molecule has 3 saturated heterocycles. The van der Waals surface area contributed by atoms with Gasteiger partial charge >= 0.3 is 0 Å². The molecule has 0 aliphatic carbocycles. The van der Waals surface area contributed by atoms with Crippen molar-refractivity contribution in [2.45, 2.75) is 62.0 Å². The average molecular weight is 521 g/mol. The van der Waals surface area contributed by atoms with Gasteiger partial charge in [0.05, 0.1) is 32.5 Å². The summed E-state index contributed by atoms with van der Waals surface area (Å²) in [5, 5.41) is 32.3. The predicted molar refractivity (Wildman–Crippen MR) is 131 cm³/mol. The van der Waals surface area contributed by atoms with Crippen LogP contribution in [0, 0.1) is 0 Å². The van der Waals surface area contributed by atoms with Crippen LogP contribution in [-0.4, -0.2) is 85.0 Å². The van der Waals surface area contributed by atoms with Crippen molar-refractivity contribution in [3.63, 3.8) is 0 Å². The quantitative estimate of drug-likeness (QED) is 0.487. The summed E-state index contributed by atoms with van der Waals surface area (Å²) in [6.07, 6.45) is -3.27. The summed E-state index contributed by atoms with van der Waals surface area (Å²) in [6, 6.07) is 13.3. The molecule has 8 nitrogen and oxygen atoms in total. The number of hydrogen-bond acceptors (Lipinski definition) is 8. The molecule has 0 amide bonds. The molecule has 0 saturated carbocycles. The molecule has 2 aromatic rings. The molecule has 0 aromatic heterocycles. The van der Waals surface area contributed by atoms with Crippen molar-refractivity contribution in [1.82, 2.24) is 0 Å². The lowest BCUT2D eigenvalue weighted by Gasteiger charge is -2.41. The molecule has 0 spiro atoms. The summed E-state index contributed by atoms with van der Waals surface area (Å²) in [7, 11) is 0. The van der Waals surface area contributed by atoms with E-state index in [1.165, 1.54) is 0 Å². The molecule has 3 heterocycles. The van der Waals surface area contributed by atoms with Crippen LogP contribution in [-0.2, 0) is 25.4 Å². The average Bonchev–Trinajstić information content (AvgIpc) is 3.59. The molecule has 0 bridgehead atoms. The fourth-order valence-electron chi connectivity index (χ4n) is 4.85. The van der Waals surface area contributed by atoms with E-state index in [1.807, 2.05) is 30.3 Å². The molecule has 196 valence electrons. The Kier molecular flexibility index (Phi) is 8.45. The minimum atomic E-state index is -1.37. The standard InChI is InChI=1S/C27H33ClO8/c28-22-6-3-17(12-18(22)11-16-1-4-19(5-2-16)35-21-8-10-33-14-21)27-26(31)25(30)24(29)23(36-27)15-34-20-7-9-32-13-20/h1-6,12,20-21,23-27,29-31H,7-11,13-15H2/t20?,21-,23+,24+,25-,26+,27-/m0/s1. The Bertz CT molecular complexity index is 990. The smallest absolute Gasteiger partial charge is 0.124 e. The highest BCUT2D eigenvalue weighted by molar-refractivity contribution is 6.31. The molecule has 9 heteroatoms. The normalized spacial score (nSPS) is 32.6. The SMILES string of the molecule is O[C@@H]1[C@@H](O)[C@H](c2ccc(Cl)c(Cc3ccc(O[C@H]4CCOC4)cc3)c2)O[C@H](COC2CCOC2)[C@H]1O. The van der Waals surface area contributed by atoms with Gasteiger partial charge in [0.1, 0.15) is 42.4 Å². The third-order valence-electron chi connectivity index (χ3n) is 7.00. The van der Waals surface area contributed by atoms with E-state index in [1.54, 1.807) is 12.1 Å². The third kappa shape index (κ3) is 6.03. The van der Waals surface area contributed by atoms with Gasteiger partial charge < -0.3 is 39.0 Å². The van der Waals surface area contributed by atoms with Gasteiger partial charge in [-0.1, -0.05) is 35.9 Å². The zero-order valence-corrected chi connectivity index (χ0v) is 20.8. The van der Waals surface area contributed by atoms with Crippen molar-refractivity contribution >= 4 is 11.6 Å². The first-order valence-corrected chi connectivity index (χ1v) is 12.9. The Balaban J connectivity index is 1.27.